The van der Waals surface area contributed by atoms with Gasteiger partial charge in [-0.3, -0.25) is 4.79 Å². The van der Waals surface area contributed by atoms with Crippen LogP contribution in [-0.4, -0.2) is 11.2 Å². The lowest BCUT2D eigenvalue weighted by atomic mass is 10.2. The molecule has 0 aliphatic rings. The summed E-state index contributed by atoms with van der Waals surface area (Å²) in [5, 5.41) is 3.55. The van der Waals surface area contributed by atoms with Gasteiger partial charge >= 0.3 is 0 Å². The number of benzene rings is 1. The van der Waals surface area contributed by atoms with Crippen LogP contribution >= 0.6 is 31.9 Å². The predicted octanol–water partition coefficient (Wildman–Crippen LogP) is 4.09. The van der Waals surface area contributed by atoms with Crippen molar-refractivity contribution >= 4 is 43.5 Å². The van der Waals surface area contributed by atoms with Crippen molar-refractivity contribution in [1.29, 1.82) is 0 Å². The molecule has 88 valence electrons. The Balaban J connectivity index is 2.46. The van der Waals surface area contributed by atoms with Crippen LogP contribution in [0.4, 0.5) is 10.1 Å². The summed E-state index contributed by atoms with van der Waals surface area (Å²) in [5.41, 5.74) is 0.490. The minimum absolute atomic E-state index is 0.0809. The van der Waals surface area contributed by atoms with E-state index in [0.29, 0.717) is 16.6 Å². The van der Waals surface area contributed by atoms with Gasteiger partial charge < -0.3 is 5.32 Å². The number of hydrogen-bond acceptors (Lipinski definition) is 1. The Labute approximate surface area is 111 Å². The Hall–Kier alpha value is -0.420. The number of amides is 1. The molecule has 0 atom stereocenters. The summed E-state index contributed by atoms with van der Waals surface area (Å²) in [5.74, 6) is -0.457. The number of carbonyl (C=O) groups is 1. The van der Waals surface area contributed by atoms with Crippen LogP contribution in [0.1, 0.15) is 19.3 Å². The molecule has 1 amide bonds. The molecule has 0 radical (unpaired) electrons. The lowest BCUT2D eigenvalue weighted by molar-refractivity contribution is -0.116. The quantitative estimate of drug-likeness (QED) is 0.627. The van der Waals surface area contributed by atoms with Crippen LogP contribution in [-0.2, 0) is 4.79 Å². The van der Waals surface area contributed by atoms with E-state index in [9.17, 15) is 9.18 Å². The van der Waals surface area contributed by atoms with E-state index in [0.717, 1.165) is 18.2 Å². The first kappa shape index (κ1) is 13.6. The number of unbranched alkanes of at least 4 members (excludes halogenated alkanes) is 1. The molecule has 16 heavy (non-hydrogen) atoms. The van der Waals surface area contributed by atoms with E-state index >= 15 is 0 Å². The molecule has 1 aromatic carbocycles. The van der Waals surface area contributed by atoms with E-state index in [2.05, 4.69) is 37.2 Å². The highest BCUT2D eigenvalue weighted by atomic mass is 79.9. The molecule has 2 nitrogen and oxygen atoms in total. The van der Waals surface area contributed by atoms with E-state index in [-0.39, 0.29) is 11.7 Å². The zero-order chi connectivity index (χ0) is 12.0. The Morgan fingerprint density at radius 1 is 1.38 bits per heavy atom. The molecule has 0 aromatic heterocycles. The van der Waals surface area contributed by atoms with Crippen molar-refractivity contribution in [3.05, 3.63) is 28.5 Å². The third kappa shape index (κ3) is 4.61. The van der Waals surface area contributed by atoms with Crippen LogP contribution in [0.2, 0.25) is 0 Å². The largest absolute Gasteiger partial charge is 0.326 e. The molecule has 0 fully saturated rings. The number of alkyl halides is 1. The third-order valence-electron chi connectivity index (χ3n) is 1.99. The van der Waals surface area contributed by atoms with Crippen LogP contribution in [0.5, 0.6) is 0 Å². The summed E-state index contributed by atoms with van der Waals surface area (Å²) in [6.07, 6.45) is 2.25. The van der Waals surface area contributed by atoms with Crippen LogP contribution in [0, 0.1) is 5.82 Å². The van der Waals surface area contributed by atoms with E-state index < -0.39 is 0 Å². The molecule has 0 aliphatic heterocycles. The van der Waals surface area contributed by atoms with E-state index in [1.807, 2.05) is 0 Å². The highest BCUT2D eigenvalue weighted by Gasteiger charge is 2.04. The molecule has 0 aliphatic carbocycles. The molecule has 0 saturated heterocycles. The predicted molar refractivity (Wildman–Crippen MR) is 70.4 cm³/mol. The minimum Gasteiger partial charge on any atom is -0.326 e. The number of hydrogen-bond donors (Lipinski definition) is 1. The molecule has 0 saturated carbocycles. The lowest BCUT2D eigenvalue weighted by Crippen LogP contribution is -2.11. The van der Waals surface area contributed by atoms with Gasteiger partial charge in [-0.15, -0.1) is 0 Å². The van der Waals surface area contributed by atoms with Gasteiger partial charge in [0.1, 0.15) is 5.82 Å². The first-order valence-corrected chi connectivity index (χ1v) is 6.86. The van der Waals surface area contributed by atoms with Gasteiger partial charge in [0, 0.05) is 17.4 Å². The maximum atomic E-state index is 13.1. The summed E-state index contributed by atoms with van der Waals surface area (Å²) in [6, 6.07) is 4.53. The molecular weight excluding hydrogens is 341 g/mol. The van der Waals surface area contributed by atoms with Crippen molar-refractivity contribution in [3.63, 3.8) is 0 Å². The van der Waals surface area contributed by atoms with Crippen molar-refractivity contribution in [2.75, 3.05) is 10.6 Å². The monoisotopic (exact) mass is 351 g/mol. The summed E-state index contributed by atoms with van der Waals surface area (Å²) in [7, 11) is 0. The van der Waals surface area contributed by atoms with Gasteiger partial charge in [0.25, 0.3) is 0 Å². The van der Waals surface area contributed by atoms with Gasteiger partial charge in [-0.2, -0.15) is 0 Å². The maximum Gasteiger partial charge on any atom is 0.224 e. The highest BCUT2D eigenvalue weighted by Crippen LogP contribution is 2.19. The number of carbonyl (C=O) groups excluding carboxylic acids is 1. The Morgan fingerprint density at radius 3 is 2.75 bits per heavy atom. The second kappa shape index (κ2) is 7.01. The fourth-order valence-corrected chi connectivity index (χ4v) is 1.82. The van der Waals surface area contributed by atoms with Gasteiger partial charge in [-0.1, -0.05) is 15.9 Å². The lowest BCUT2D eigenvalue weighted by Gasteiger charge is -2.05. The highest BCUT2D eigenvalue weighted by molar-refractivity contribution is 9.10. The van der Waals surface area contributed by atoms with Gasteiger partial charge in [0.05, 0.1) is 4.47 Å². The summed E-state index contributed by atoms with van der Waals surface area (Å²) in [6.45, 7) is 0. The zero-order valence-corrected chi connectivity index (χ0v) is 11.8. The van der Waals surface area contributed by atoms with Crippen LogP contribution in [0.25, 0.3) is 0 Å². The molecule has 0 bridgehead atoms. The fraction of sp³-hybridized carbons (Fsp3) is 0.364. The van der Waals surface area contributed by atoms with Crippen molar-refractivity contribution in [2.24, 2.45) is 0 Å². The molecule has 0 unspecified atom stereocenters. The van der Waals surface area contributed by atoms with Crippen molar-refractivity contribution in [3.8, 4) is 0 Å². The Kier molecular flexibility index (Phi) is 5.98. The fourth-order valence-electron chi connectivity index (χ4n) is 1.18. The van der Waals surface area contributed by atoms with Gasteiger partial charge in [-0.05, 0) is 47.0 Å². The minimum atomic E-state index is -0.377. The first-order valence-electron chi connectivity index (χ1n) is 4.94. The Morgan fingerprint density at radius 2 is 2.12 bits per heavy atom. The number of nitrogens with one attached hydrogen (secondary N) is 1. The number of anilines is 1. The topological polar surface area (TPSA) is 29.1 Å². The molecule has 1 rings (SSSR count). The Bertz CT molecular complexity index is 371. The molecule has 0 spiro atoms. The van der Waals surface area contributed by atoms with E-state index in [1.54, 1.807) is 12.1 Å². The normalized spacial score (nSPS) is 10.2. The van der Waals surface area contributed by atoms with Crippen LogP contribution < -0.4 is 5.32 Å². The molecule has 0 heterocycles. The van der Waals surface area contributed by atoms with Crippen LogP contribution in [0.15, 0.2) is 22.7 Å². The van der Waals surface area contributed by atoms with Gasteiger partial charge in [-0.25, -0.2) is 4.39 Å². The smallest absolute Gasteiger partial charge is 0.224 e. The second-order valence-electron chi connectivity index (χ2n) is 3.32. The summed E-state index contributed by atoms with van der Waals surface area (Å²) in [4.78, 5) is 11.4. The molecule has 1 N–H and O–H groups in total. The molecular formula is C11H12Br2FNO. The van der Waals surface area contributed by atoms with Crippen molar-refractivity contribution < 1.29 is 9.18 Å². The van der Waals surface area contributed by atoms with Crippen molar-refractivity contribution in [2.45, 2.75) is 19.3 Å². The molecule has 1 aromatic rings. The van der Waals surface area contributed by atoms with Crippen LogP contribution in [0.3, 0.4) is 0 Å². The van der Waals surface area contributed by atoms with Gasteiger partial charge in [0.15, 0.2) is 0 Å². The average Bonchev–Trinajstić information content (AvgIpc) is 2.24. The molecule has 5 heteroatoms. The zero-order valence-electron chi connectivity index (χ0n) is 8.60. The number of halogens is 3. The van der Waals surface area contributed by atoms with E-state index in [1.165, 1.54) is 6.07 Å². The standard InChI is InChI=1S/C11H12Br2FNO/c12-6-2-1-3-11(16)15-8-4-5-9(13)10(14)7-8/h4-5,7H,1-3,6H2,(H,15,16). The summed E-state index contributed by atoms with van der Waals surface area (Å²) >= 11 is 6.35. The van der Waals surface area contributed by atoms with Gasteiger partial charge in [0.2, 0.25) is 5.91 Å². The van der Waals surface area contributed by atoms with E-state index in [4.69, 9.17) is 0 Å². The first-order chi connectivity index (χ1) is 7.63. The maximum absolute atomic E-state index is 13.1. The average molecular weight is 353 g/mol. The summed E-state index contributed by atoms with van der Waals surface area (Å²) < 4.78 is 13.5. The second-order valence-corrected chi connectivity index (χ2v) is 4.97. The SMILES string of the molecule is O=C(CCCCBr)Nc1ccc(Br)c(F)c1. The third-order valence-corrected chi connectivity index (χ3v) is 3.19. The number of rotatable bonds is 5. The van der Waals surface area contributed by atoms with Crippen molar-refractivity contribution in [1.82, 2.24) is 0 Å².